The molecule has 136 valence electrons. The van der Waals surface area contributed by atoms with Crippen molar-refractivity contribution in [2.24, 2.45) is 0 Å². The van der Waals surface area contributed by atoms with Gasteiger partial charge in [-0.3, -0.25) is 0 Å². The van der Waals surface area contributed by atoms with E-state index in [4.69, 9.17) is 0 Å². The molecule has 1 heterocycles. The molecule has 4 aromatic rings. The van der Waals surface area contributed by atoms with Crippen molar-refractivity contribution in [1.29, 1.82) is 0 Å². The Labute approximate surface area is 167 Å². The maximum absolute atomic E-state index is 13.3. The van der Waals surface area contributed by atoms with Crippen molar-refractivity contribution in [1.82, 2.24) is 3.97 Å². The Morgan fingerprint density at radius 2 is 1.52 bits per heavy atom. The fourth-order valence-corrected chi connectivity index (χ4v) is 5.15. The summed E-state index contributed by atoms with van der Waals surface area (Å²) in [6.45, 7) is 1.94. The van der Waals surface area contributed by atoms with Crippen LogP contribution in [-0.2, 0) is 15.4 Å². The smallest absolute Gasteiger partial charge is 0.241 e. The molecular formula is C22H18BrNO2S. The summed E-state index contributed by atoms with van der Waals surface area (Å²) in [5.41, 5.74) is 4.77. The molecule has 0 spiro atoms. The van der Waals surface area contributed by atoms with Gasteiger partial charge in [-0.1, -0.05) is 76.1 Å². The number of nitrogens with zero attached hydrogens (tertiary/aromatic N) is 1. The minimum Gasteiger partial charge on any atom is -0.241 e. The van der Waals surface area contributed by atoms with Crippen molar-refractivity contribution >= 4 is 36.9 Å². The Hall–Kier alpha value is -2.37. The summed E-state index contributed by atoms with van der Waals surface area (Å²) in [7, 11) is -3.68. The van der Waals surface area contributed by atoms with Crippen LogP contribution >= 0.6 is 15.9 Å². The molecule has 3 aromatic carbocycles. The first-order valence-electron chi connectivity index (χ1n) is 8.59. The number of aryl methyl sites for hydroxylation is 1. The number of fused-ring (bicyclic) bond motifs is 1. The minimum absolute atomic E-state index is 0.286. The molecule has 0 fully saturated rings. The highest BCUT2D eigenvalue weighted by Crippen LogP contribution is 2.35. The summed E-state index contributed by atoms with van der Waals surface area (Å²) < 4.78 is 28.0. The second-order valence-electron chi connectivity index (χ2n) is 6.46. The zero-order valence-electron chi connectivity index (χ0n) is 14.8. The topological polar surface area (TPSA) is 39.1 Å². The third kappa shape index (κ3) is 3.11. The van der Waals surface area contributed by atoms with Crippen LogP contribution in [0, 0.1) is 6.92 Å². The number of benzene rings is 3. The molecule has 4 rings (SSSR count). The monoisotopic (exact) mass is 439 g/mol. The van der Waals surface area contributed by atoms with Gasteiger partial charge in [-0.25, -0.2) is 12.4 Å². The Balaban J connectivity index is 2.00. The highest BCUT2D eigenvalue weighted by molar-refractivity contribution is 9.08. The van der Waals surface area contributed by atoms with E-state index in [0.29, 0.717) is 10.8 Å². The molecule has 0 radical (unpaired) electrons. The van der Waals surface area contributed by atoms with Crippen LogP contribution in [0.4, 0.5) is 0 Å². The fourth-order valence-electron chi connectivity index (χ4n) is 3.29. The molecule has 0 N–H and O–H groups in total. The van der Waals surface area contributed by atoms with Gasteiger partial charge in [-0.2, -0.15) is 0 Å². The van der Waals surface area contributed by atoms with Gasteiger partial charge in [-0.05, 0) is 36.2 Å². The lowest BCUT2D eigenvalue weighted by Gasteiger charge is -2.08. The fraction of sp³-hybridized carbons (Fsp3) is 0.0909. The number of aromatic nitrogens is 1. The molecule has 0 aliphatic carbocycles. The lowest BCUT2D eigenvalue weighted by Crippen LogP contribution is -2.11. The highest BCUT2D eigenvalue weighted by Gasteiger charge is 2.22. The Morgan fingerprint density at radius 3 is 2.26 bits per heavy atom. The molecule has 0 aliphatic heterocycles. The Bertz CT molecular complexity index is 1220. The van der Waals surface area contributed by atoms with Gasteiger partial charge in [0.05, 0.1) is 10.4 Å². The lowest BCUT2D eigenvalue weighted by atomic mass is 10.0. The minimum atomic E-state index is -3.68. The van der Waals surface area contributed by atoms with Gasteiger partial charge in [-0.15, -0.1) is 0 Å². The molecule has 0 aliphatic rings. The van der Waals surface area contributed by atoms with E-state index >= 15 is 0 Å². The van der Waals surface area contributed by atoms with Crippen LogP contribution < -0.4 is 0 Å². The molecule has 1 aromatic heterocycles. The normalized spacial score (nSPS) is 11.8. The summed E-state index contributed by atoms with van der Waals surface area (Å²) in [4.78, 5) is 0.286. The maximum atomic E-state index is 13.3. The van der Waals surface area contributed by atoms with Crippen LogP contribution in [-0.4, -0.2) is 12.4 Å². The maximum Gasteiger partial charge on any atom is 0.268 e. The molecule has 0 amide bonds. The summed E-state index contributed by atoms with van der Waals surface area (Å²) in [6.07, 6.45) is 1.74. The molecular weight excluding hydrogens is 422 g/mol. The third-order valence-electron chi connectivity index (χ3n) is 4.71. The van der Waals surface area contributed by atoms with Gasteiger partial charge in [0, 0.05) is 22.5 Å². The van der Waals surface area contributed by atoms with Gasteiger partial charge in [0.25, 0.3) is 10.0 Å². The standard InChI is InChI=1S/C22H18BrNO2S/c1-16-10-12-18(13-11-16)27(25,26)24-15-21(20-8-4-5-9-22(20)24)19-7-3-2-6-17(19)14-23/h2-13,15H,14H2,1H3. The van der Waals surface area contributed by atoms with E-state index in [2.05, 4.69) is 15.9 Å². The molecule has 0 unspecified atom stereocenters. The van der Waals surface area contributed by atoms with E-state index in [1.165, 1.54) is 3.97 Å². The SMILES string of the molecule is Cc1ccc(S(=O)(=O)n2cc(-c3ccccc3CBr)c3ccccc32)cc1. The van der Waals surface area contributed by atoms with Crippen molar-refractivity contribution in [3.63, 3.8) is 0 Å². The van der Waals surface area contributed by atoms with Crippen LogP contribution in [0.25, 0.3) is 22.0 Å². The van der Waals surface area contributed by atoms with Crippen LogP contribution in [0.5, 0.6) is 0 Å². The largest absolute Gasteiger partial charge is 0.268 e. The summed E-state index contributed by atoms with van der Waals surface area (Å²) in [6, 6.07) is 22.6. The number of hydrogen-bond acceptors (Lipinski definition) is 2. The number of halogens is 1. The van der Waals surface area contributed by atoms with Crippen molar-refractivity contribution < 1.29 is 8.42 Å². The van der Waals surface area contributed by atoms with Gasteiger partial charge in [0.1, 0.15) is 0 Å². The summed E-state index contributed by atoms with van der Waals surface area (Å²) >= 11 is 3.53. The number of hydrogen-bond donors (Lipinski definition) is 0. The van der Waals surface area contributed by atoms with Gasteiger partial charge in [0.2, 0.25) is 0 Å². The van der Waals surface area contributed by atoms with Crippen LogP contribution in [0.15, 0.2) is 83.9 Å². The predicted octanol–water partition coefficient (Wildman–Crippen LogP) is 5.75. The summed E-state index contributed by atoms with van der Waals surface area (Å²) in [5, 5.41) is 1.62. The number of para-hydroxylation sites is 1. The second kappa shape index (κ2) is 6.98. The second-order valence-corrected chi connectivity index (χ2v) is 8.84. The third-order valence-corrected chi connectivity index (χ3v) is 7.00. The van der Waals surface area contributed by atoms with Crippen molar-refractivity contribution in [2.45, 2.75) is 17.1 Å². The van der Waals surface area contributed by atoms with Crippen molar-refractivity contribution in [2.75, 3.05) is 0 Å². The average Bonchev–Trinajstić information content (AvgIpc) is 3.08. The van der Waals surface area contributed by atoms with Gasteiger partial charge < -0.3 is 0 Å². The molecule has 0 bridgehead atoms. The van der Waals surface area contributed by atoms with E-state index in [0.717, 1.165) is 27.6 Å². The van der Waals surface area contributed by atoms with Crippen LogP contribution in [0.3, 0.4) is 0 Å². The van der Waals surface area contributed by atoms with E-state index in [1.54, 1.807) is 18.3 Å². The average molecular weight is 440 g/mol. The van der Waals surface area contributed by atoms with Crippen molar-refractivity contribution in [3.05, 3.63) is 90.1 Å². The first-order valence-corrected chi connectivity index (χ1v) is 11.1. The molecule has 0 saturated heterocycles. The molecule has 5 heteroatoms. The predicted molar refractivity (Wildman–Crippen MR) is 114 cm³/mol. The summed E-state index contributed by atoms with van der Waals surface area (Å²) in [5.74, 6) is 0. The molecule has 27 heavy (non-hydrogen) atoms. The number of rotatable bonds is 4. The van der Waals surface area contributed by atoms with E-state index in [9.17, 15) is 8.42 Å². The van der Waals surface area contributed by atoms with E-state index in [1.807, 2.05) is 67.6 Å². The zero-order valence-corrected chi connectivity index (χ0v) is 17.2. The Kier molecular flexibility index (Phi) is 4.66. The molecule has 0 saturated carbocycles. The van der Waals surface area contributed by atoms with Crippen LogP contribution in [0.1, 0.15) is 11.1 Å². The van der Waals surface area contributed by atoms with Gasteiger partial charge >= 0.3 is 0 Å². The highest BCUT2D eigenvalue weighted by atomic mass is 79.9. The van der Waals surface area contributed by atoms with E-state index < -0.39 is 10.0 Å². The quantitative estimate of drug-likeness (QED) is 0.379. The first kappa shape index (κ1) is 18.0. The molecule has 3 nitrogen and oxygen atoms in total. The van der Waals surface area contributed by atoms with Crippen LogP contribution in [0.2, 0.25) is 0 Å². The number of alkyl halides is 1. The molecule has 0 atom stereocenters. The lowest BCUT2D eigenvalue weighted by molar-refractivity contribution is 0.589. The Morgan fingerprint density at radius 1 is 0.852 bits per heavy atom. The first-order chi connectivity index (χ1) is 13.0. The van der Waals surface area contributed by atoms with Gasteiger partial charge in [0.15, 0.2) is 0 Å². The van der Waals surface area contributed by atoms with E-state index in [-0.39, 0.29) is 4.90 Å². The zero-order chi connectivity index (χ0) is 19.0. The van der Waals surface area contributed by atoms with Crippen molar-refractivity contribution in [3.8, 4) is 11.1 Å².